The van der Waals surface area contributed by atoms with Crippen LogP contribution < -0.4 is 20.4 Å². The number of aromatic nitrogens is 1. The molecule has 2 N–H and O–H groups in total. The number of carbonyl (C=O) groups excluding carboxylic acids is 1. The van der Waals surface area contributed by atoms with Gasteiger partial charge < -0.3 is 20.4 Å². The first-order valence-electron chi connectivity index (χ1n) is 7.58. The van der Waals surface area contributed by atoms with Gasteiger partial charge in [-0.2, -0.15) is 0 Å². The highest BCUT2D eigenvalue weighted by Gasteiger charge is 2.28. The van der Waals surface area contributed by atoms with Crippen molar-refractivity contribution in [2.75, 3.05) is 43.0 Å². The molecule has 0 spiro atoms. The Balaban J connectivity index is 2.05. The number of fused-ring (bicyclic) bond motifs is 1. The van der Waals surface area contributed by atoms with Crippen LogP contribution in [-0.2, 0) is 6.54 Å². The summed E-state index contributed by atoms with van der Waals surface area (Å²) >= 11 is 0. The summed E-state index contributed by atoms with van der Waals surface area (Å²) in [6.45, 7) is 8.63. The predicted octanol–water partition coefficient (Wildman–Crippen LogP) is 0.579. The van der Waals surface area contributed by atoms with Gasteiger partial charge in [-0.25, -0.2) is 4.98 Å². The first-order chi connectivity index (χ1) is 10.1. The van der Waals surface area contributed by atoms with Crippen molar-refractivity contribution in [2.24, 2.45) is 0 Å². The van der Waals surface area contributed by atoms with Crippen LogP contribution in [0.5, 0.6) is 0 Å². The fourth-order valence-electron chi connectivity index (χ4n) is 2.77. The second kappa shape index (κ2) is 5.52. The normalized spacial score (nSPS) is 17.9. The molecule has 1 aromatic rings. The Labute approximate surface area is 125 Å². The number of anilines is 2. The molecular formula is C15H23N5O. The molecule has 0 unspecified atom stereocenters. The molecule has 114 valence electrons. The molecule has 6 nitrogen and oxygen atoms in total. The molecule has 0 atom stereocenters. The van der Waals surface area contributed by atoms with Gasteiger partial charge in [0.1, 0.15) is 11.6 Å². The summed E-state index contributed by atoms with van der Waals surface area (Å²) < 4.78 is 0. The maximum Gasteiger partial charge on any atom is 0.252 e. The number of nitrogens with zero attached hydrogens (tertiary/aromatic N) is 3. The van der Waals surface area contributed by atoms with Crippen molar-refractivity contribution in [3.05, 3.63) is 17.2 Å². The van der Waals surface area contributed by atoms with Gasteiger partial charge in [0.2, 0.25) is 0 Å². The Hall–Kier alpha value is -1.82. The standard InChI is InChI=1S/C15H23N5O/c1-10(2)19(3)13-8-11-12(9-17-15(11)21)14(18-13)20-6-4-16-5-7-20/h8,10,16H,4-7,9H2,1-3H3,(H,17,21). The van der Waals surface area contributed by atoms with Crippen molar-refractivity contribution in [3.8, 4) is 0 Å². The molecule has 1 fully saturated rings. The molecule has 3 rings (SSSR count). The van der Waals surface area contributed by atoms with E-state index >= 15 is 0 Å². The number of nitrogens with one attached hydrogen (secondary N) is 2. The van der Waals surface area contributed by atoms with Gasteiger partial charge in [-0.05, 0) is 19.9 Å². The third kappa shape index (κ3) is 2.55. The van der Waals surface area contributed by atoms with Gasteiger partial charge in [0, 0.05) is 51.4 Å². The van der Waals surface area contributed by atoms with E-state index in [0.717, 1.165) is 48.9 Å². The fraction of sp³-hybridized carbons (Fsp3) is 0.600. The van der Waals surface area contributed by atoms with Crippen LogP contribution in [0.4, 0.5) is 11.6 Å². The molecule has 2 aliphatic heterocycles. The lowest BCUT2D eigenvalue weighted by Gasteiger charge is -2.31. The van der Waals surface area contributed by atoms with E-state index in [1.807, 2.05) is 13.1 Å². The van der Waals surface area contributed by atoms with Crippen LogP contribution in [0.25, 0.3) is 0 Å². The van der Waals surface area contributed by atoms with Crippen LogP contribution >= 0.6 is 0 Å². The third-order valence-corrected chi connectivity index (χ3v) is 4.31. The van der Waals surface area contributed by atoms with Gasteiger partial charge >= 0.3 is 0 Å². The molecule has 0 saturated carbocycles. The van der Waals surface area contributed by atoms with Gasteiger partial charge in [-0.1, -0.05) is 0 Å². The molecule has 0 bridgehead atoms. The van der Waals surface area contributed by atoms with E-state index in [9.17, 15) is 4.79 Å². The quantitative estimate of drug-likeness (QED) is 0.852. The zero-order chi connectivity index (χ0) is 15.0. The van der Waals surface area contributed by atoms with Gasteiger partial charge in [0.15, 0.2) is 0 Å². The highest BCUT2D eigenvalue weighted by molar-refractivity contribution is 6.00. The van der Waals surface area contributed by atoms with Gasteiger partial charge in [0.05, 0.1) is 5.56 Å². The summed E-state index contributed by atoms with van der Waals surface area (Å²) in [5.74, 6) is 1.85. The van der Waals surface area contributed by atoms with Crippen molar-refractivity contribution < 1.29 is 4.79 Å². The Bertz CT molecular complexity index is 551. The van der Waals surface area contributed by atoms with Gasteiger partial charge in [-0.15, -0.1) is 0 Å². The second-order valence-corrected chi connectivity index (χ2v) is 5.95. The Morgan fingerprint density at radius 3 is 2.71 bits per heavy atom. The lowest BCUT2D eigenvalue weighted by atomic mass is 10.1. The van der Waals surface area contributed by atoms with E-state index in [-0.39, 0.29) is 5.91 Å². The Kier molecular flexibility index (Phi) is 3.71. The van der Waals surface area contributed by atoms with E-state index < -0.39 is 0 Å². The van der Waals surface area contributed by atoms with E-state index in [2.05, 4.69) is 34.3 Å². The van der Waals surface area contributed by atoms with Crippen LogP contribution in [0.2, 0.25) is 0 Å². The number of carbonyl (C=O) groups is 1. The number of hydrogen-bond donors (Lipinski definition) is 2. The molecule has 0 radical (unpaired) electrons. The van der Waals surface area contributed by atoms with Crippen molar-refractivity contribution in [2.45, 2.75) is 26.4 Å². The number of pyridine rings is 1. The largest absolute Gasteiger partial charge is 0.357 e. The van der Waals surface area contributed by atoms with Crippen molar-refractivity contribution >= 4 is 17.5 Å². The van der Waals surface area contributed by atoms with Crippen molar-refractivity contribution in [1.29, 1.82) is 0 Å². The molecule has 0 aliphatic carbocycles. The lowest BCUT2D eigenvalue weighted by molar-refractivity contribution is 0.0965. The molecule has 1 amide bonds. The molecule has 2 aliphatic rings. The minimum atomic E-state index is 0.0159. The maximum atomic E-state index is 12.1. The molecule has 1 saturated heterocycles. The van der Waals surface area contributed by atoms with Crippen molar-refractivity contribution in [1.82, 2.24) is 15.6 Å². The SMILES string of the molecule is CC(C)N(C)c1cc2c(c(N3CCNCC3)n1)CNC2=O. The number of hydrogen-bond acceptors (Lipinski definition) is 5. The smallest absolute Gasteiger partial charge is 0.252 e. The summed E-state index contributed by atoms with van der Waals surface area (Å²) in [5, 5.41) is 6.27. The molecule has 0 aromatic carbocycles. The minimum absolute atomic E-state index is 0.0159. The van der Waals surface area contributed by atoms with Crippen LogP contribution in [0.1, 0.15) is 29.8 Å². The summed E-state index contributed by atoms with van der Waals surface area (Å²) in [6, 6.07) is 2.26. The molecular weight excluding hydrogens is 266 g/mol. The monoisotopic (exact) mass is 289 g/mol. The van der Waals surface area contributed by atoms with E-state index in [1.165, 1.54) is 0 Å². The number of piperazine rings is 1. The highest BCUT2D eigenvalue weighted by Crippen LogP contribution is 2.30. The molecule has 6 heteroatoms. The maximum absolute atomic E-state index is 12.1. The summed E-state index contributed by atoms with van der Waals surface area (Å²) in [4.78, 5) is 21.3. The molecule has 3 heterocycles. The summed E-state index contributed by atoms with van der Waals surface area (Å²) in [7, 11) is 2.02. The van der Waals surface area contributed by atoms with Crippen molar-refractivity contribution in [3.63, 3.8) is 0 Å². The van der Waals surface area contributed by atoms with Crippen LogP contribution in [0, 0.1) is 0 Å². The van der Waals surface area contributed by atoms with Gasteiger partial charge in [0.25, 0.3) is 5.91 Å². The predicted molar refractivity (Wildman–Crippen MR) is 84.0 cm³/mol. The topological polar surface area (TPSA) is 60.5 Å². The number of rotatable bonds is 3. The Morgan fingerprint density at radius 2 is 2.05 bits per heavy atom. The fourth-order valence-corrected chi connectivity index (χ4v) is 2.77. The third-order valence-electron chi connectivity index (χ3n) is 4.31. The van der Waals surface area contributed by atoms with E-state index in [4.69, 9.17) is 4.98 Å². The van der Waals surface area contributed by atoms with Crippen LogP contribution in [0.15, 0.2) is 6.07 Å². The first kappa shape index (κ1) is 14.1. The zero-order valence-electron chi connectivity index (χ0n) is 12.9. The van der Waals surface area contributed by atoms with Crippen LogP contribution in [-0.4, -0.2) is 50.2 Å². The Morgan fingerprint density at radius 1 is 1.33 bits per heavy atom. The van der Waals surface area contributed by atoms with E-state index in [0.29, 0.717) is 12.6 Å². The average molecular weight is 289 g/mol. The summed E-state index contributed by atoms with van der Waals surface area (Å²) in [6.07, 6.45) is 0. The number of amides is 1. The second-order valence-electron chi connectivity index (χ2n) is 5.95. The zero-order valence-corrected chi connectivity index (χ0v) is 12.9. The van der Waals surface area contributed by atoms with E-state index in [1.54, 1.807) is 0 Å². The highest BCUT2D eigenvalue weighted by atomic mass is 16.1. The minimum Gasteiger partial charge on any atom is -0.357 e. The average Bonchev–Trinajstić information content (AvgIpc) is 2.88. The molecule has 1 aromatic heterocycles. The van der Waals surface area contributed by atoms with Gasteiger partial charge in [-0.3, -0.25) is 4.79 Å². The summed E-state index contributed by atoms with van der Waals surface area (Å²) in [5.41, 5.74) is 1.82. The lowest BCUT2D eigenvalue weighted by Crippen LogP contribution is -2.44. The molecule has 21 heavy (non-hydrogen) atoms. The van der Waals surface area contributed by atoms with Crippen LogP contribution in [0.3, 0.4) is 0 Å². The first-order valence-corrected chi connectivity index (χ1v) is 7.58.